The summed E-state index contributed by atoms with van der Waals surface area (Å²) < 4.78 is 50.5. The number of halogens is 1. The molecule has 1 fully saturated rings. The molecule has 2 aliphatic rings. The molecule has 1 aromatic heterocycles. The number of pyridine rings is 1. The number of rotatable bonds is 7. The van der Waals surface area contributed by atoms with Crippen molar-refractivity contribution in [3.63, 3.8) is 0 Å². The van der Waals surface area contributed by atoms with E-state index in [-0.39, 0.29) is 21.7 Å². The van der Waals surface area contributed by atoms with Gasteiger partial charge >= 0.3 is 5.97 Å². The zero-order valence-corrected chi connectivity index (χ0v) is 19.9. The average molecular weight is 516 g/mol. The molecule has 0 saturated heterocycles. The van der Waals surface area contributed by atoms with Crippen molar-refractivity contribution in [2.45, 2.75) is 43.7 Å². The Morgan fingerprint density at radius 1 is 1.28 bits per heavy atom. The number of aromatic hydroxyl groups is 1. The van der Waals surface area contributed by atoms with E-state index < -0.39 is 50.6 Å². The summed E-state index contributed by atoms with van der Waals surface area (Å²) in [5, 5.41) is 22.8. The number of carboxylic acids is 1. The number of aryl methyl sites for hydroxylation is 1. The van der Waals surface area contributed by atoms with Crippen molar-refractivity contribution in [2.24, 2.45) is 10.3 Å². The maximum Gasteiger partial charge on any atom is 0.344 e. The maximum atomic E-state index is 14.1. The highest BCUT2D eigenvalue weighted by molar-refractivity contribution is 7.90. The van der Waals surface area contributed by atoms with Crippen LogP contribution < -0.4 is 15.6 Å². The zero-order chi connectivity index (χ0) is 25.8. The van der Waals surface area contributed by atoms with Gasteiger partial charge < -0.3 is 24.8 Å². The van der Waals surface area contributed by atoms with Gasteiger partial charge in [0.25, 0.3) is 15.6 Å². The number of sulfonamides is 1. The lowest BCUT2D eigenvalue weighted by atomic mass is 10.1. The third kappa shape index (κ3) is 4.28. The third-order valence-electron chi connectivity index (χ3n) is 6.25. The molecule has 188 valence electrons. The van der Waals surface area contributed by atoms with E-state index in [0.717, 1.165) is 31.4 Å². The number of amidine groups is 1. The van der Waals surface area contributed by atoms with Crippen molar-refractivity contribution in [1.82, 2.24) is 4.57 Å². The van der Waals surface area contributed by atoms with Crippen LogP contribution in [0.1, 0.15) is 31.7 Å². The summed E-state index contributed by atoms with van der Waals surface area (Å²) in [4.78, 5) is 24.3. The average Bonchev–Trinajstić information content (AvgIpc) is 3.64. The second-order valence-electron chi connectivity index (χ2n) is 8.87. The smallest absolute Gasteiger partial charge is 0.344 e. The SMILES string of the molecule is CC(Oc1ccc2c(c1)S(=O)(=O)N=C(c1c(O)c3cc(F)ccc3n(CCC3CC3)c1=O)N2)C(=O)O. The minimum atomic E-state index is -4.38. The number of aromatic nitrogens is 1. The summed E-state index contributed by atoms with van der Waals surface area (Å²) in [6.07, 6.45) is 1.62. The van der Waals surface area contributed by atoms with Crippen molar-refractivity contribution < 1.29 is 32.6 Å². The first-order valence-electron chi connectivity index (χ1n) is 11.3. The standard InChI is InChI=1S/C24H22FN3O7S/c1-12(24(31)32)35-15-5-6-17-19(11-15)36(33,34)27-22(26-17)20-21(29)16-10-14(25)4-7-18(16)28(23(20)30)9-8-13-2-3-13/h4-7,10-13,29H,2-3,8-9H2,1H3,(H,26,27)(H,31,32). The Bertz CT molecular complexity index is 1610. The lowest BCUT2D eigenvalue weighted by Crippen LogP contribution is -2.33. The van der Waals surface area contributed by atoms with Crippen molar-refractivity contribution in [2.75, 3.05) is 5.32 Å². The number of carbonyl (C=O) groups is 1. The molecule has 12 heteroatoms. The minimum Gasteiger partial charge on any atom is -0.506 e. The van der Waals surface area contributed by atoms with Crippen LogP contribution in [0.2, 0.25) is 0 Å². The first kappa shape index (κ1) is 23.8. The van der Waals surface area contributed by atoms with Gasteiger partial charge in [-0.2, -0.15) is 8.42 Å². The topological polar surface area (TPSA) is 147 Å². The van der Waals surface area contributed by atoms with Gasteiger partial charge in [-0.1, -0.05) is 12.8 Å². The zero-order valence-electron chi connectivity index (χ0n) is 19.1. The molecular weight excluding hydrogens is 493 g/mol. The van der Waals surface area contributed by atoms with Crippen molar-refractivity contribution in [3.05, 3.63) is 58.1 Å². The molecule has 0 amide bonds. The lowest BCUT2D eigenvalue weighted by Gasteiger charge is -2.21. The molecule has 0 spiro atoms. The van der Waals surface area contributed by atoms with Gasteiger partial charge in [-0.15, -0.1) is 4.40 Å². The number of carboxylic acid groups (broad SMARTS) is 1. The normalized spacial score (nSPS) is 17.1. The fourth-order valence-corrected chi connectivity index (χ4v) is 5.28. The molecule has 1 aliphatic heterocycles. The van der Waals surface area contributed by atoms with E-state index in [9.17, 15) is 27.5 Å². The summed E-state index contributed by atoms with van der Waals surface area (Å²) in [5.74, 6) is -2.35. The van der Waals surface area contributed by atoms with Crippen molar-refractivity contribution >= 4 is 38.4 Å². The Kier molecular flexibility index (Phi) is 5.70. The third-order valence-corrected chi connectivity index (χ3v) is 7.57. The van der Waals surface area contributed by atoms with Crippen molar-refractivity contribution in [1.29, 1.82) is 0 Å². The number of aliphatic carboxylic acids is 1. The number of ether oxygens (including phenoxy) is 1. The Labute approximate surface area is 204 Å². The number of hydrogen-bond acceptors (Lipinski definition) is 7. The van der Waals surface area contributed by atoms with Crippen LogP contribution in [0, 0.1) is 11.7 Å². The molecule has 3 aromatic rings. The van der Waals surface area contributed by atoms with Crippen LogP contribution in [-0.4, -0.2) is 41.1 Å². The van der Waals surface area contributed by atoms with Gasteiger partial charge in [0.15, 0.2) is 11.9 Å². The molecule has 0 radical (unpaired) electrons. The van der Waals surface area contributed by atoms with Gasteiger partial charge in [-0.25, -0.2) is 9.18 Å². The summed E-state index contributed by atoms with van der Waals surface area (Å²) in [5.41, 5.74) is -0.666. The molecule has 1 atom stereocenters. The van der Waals surface area contributed by atoms with E-state index in [1.165, 1.54) is 35.8 Å². The first-order valence-corrected chi connectivity index (χ1v) is 12.7. The Morgan fingerprint density at radius 3 is 2.72 bits per heavy atom. The van der Waals surface area contributed by atoms with Gasteiger partial charge in [0.1, 0.15) is 27.8 Å². The van der Waals surface area contributed by atoms with Crippen LogP contribution in [0.4, 0.5) is 10.1 Å². The van der Waals surface area contributed by atoms with Crippen LogP contribution in [0.3, 0.4) is 0 Å². The molecule has 10 nitrogen and oxygen atoms in total. The van der Waals surface area contributed by atoms with E-state index in [4.69, 9.17) is 9.84 Å². The molecule has 36 heavy (non-hydrogen) atoms. The molecule has 2 aromatic carbocycles. The lowest BCUT2D eigenvalue weighted by molar-refractivity contribution is -0.144. The summed E-state index contributed by atoms with van der Waals surface area (Å²) in [6.45, 7) is 1.61. The first-order chi connectivity index (χ1) is 17.0. The van der Waals surface area contributed by atoms with Crippen LogP contribution in [0.25, 0.3) is 10.9 Å². The van der Waals surface area contributed by atoms with Gasteiger partial charge in [0, 0.05) is 18.0 Å². The molecule has 3 N–H and O–H groups in total. The quantitative estimate of drug-likeness (QED) is 0.435. The summed E-state index contributed by atoms with van der Waals surface area (Å²) in [6, 6.07) is 7.52. The van der Waals surface area contributed by atoms with Crippen LogP contribution in [-0.2, 0) is 21.4 Å². The number of fused-ring (bicyclic) bond motifs is 2. The Hall–Kier alpha value is -3.93. The number of anilines is 1. The minimum absolute atomic E-state index is 0.000802. The maximum absolute atomic E-state index is 14.1. The molecule has 2 heterocycles. The van der Waals surface area contributed by atoms with Crippen molar-refractivity contribution in [3.8, 4) is 11.5 Å². The van der Waals surface area contributed by atoms with E-state index in [0.29, 0.717) is 18.0 Å². The van der Waals surface area contributed by atoms with E-state index in [1.807, 2.05) is 0 Å². The molecule has 5 rings (SSSR count). The second kappa shape index (κ2) is 8.63. The van der Waals surface area contributed by atoms with E-state index in [1.54, 1.807) is 0 Å². The highest BCUT2D eigenvalue weighted by Crippen LogP contribution is 2.36. The summed E-state index contributed by atoms with van der Waals surface area (Å²) >= 11 is 0. The van der Waals surface area contributed by atoms with Gasteiger partial charge in [0.05, 0.1) is 11.2 Å². The van der Waals surface area contributed by atoms with Gasteiger partial charge in [-0.3, -0.25) is 4.79 Å². The van der Waals surface area contributed by atoms with E-state index >= 15 is 0 Å². The number of hydrogen-bond donors (Lipinski definition) is 3. The highest BCUT2D eigenvalue weighted by Gasteiger charge is 2.31. The molecule has 1 aliphatic carbocycles. The Balaban J connectivity index is 1.62. The van der Waals surface area contributed by atoms with Gasteiger partial charge in [0.2, 0.25) is 0 Å². The van der Waals surface area contributed by atoms with E-state index in [2.05, 4.69) is 9.71 Å². The monoisotopic (exact) mass is 515 g/mol. The number of nitrogens with zero attached hydrogens (tertiary/aromatic N) is 2. The highest BCUT2D eigenvalue weighted by atomic mass is 32.2. The van der Waals surface area contributed by atoms with Crippen LogP contribution in [0.5, 0.6) is 11.5 Å². The van der Waals surface area contributed by atoms with Gasteiger partial charge in [-0.05, 0) is 49.6 Å². The number of benzene rings is 2. The Morgan fingerprint density at radius 2 is 2.03 bits per heavy atom. The van der Waals surface area contributed by atoms with Crippen LogP contribution in [0.15, 0.2) is 50.5 Å². The predicted octanol–water partition coefficient (Wildman–Crippen LogP) is 3.06. The molecule has 1 saturated carbocycles. The predicted molar refractivity (Wildman–Crippen MR) is 129 cm³/mol. The second-order valence-corrected chi connectivity index (χ2v) is 10.4. The fraction of sp³-hybridized carbons (Fsp3) is 0.292. The summed E-state index contributed by atoms with van der Waals surface area (Å²) in [7, 11) is -4.38. The number of nitrogens with one attached hydrogen (secondary N) is 1. The fourth-order valence-electron chi connectivity index (χ4n) is 4.14. The van der Waals surface area contributed by atoms with Crippen LogP contribution >= 0.6 is 0 Å². The molecule has 0 bridgehead atoms. The molecule has 1 unspecified atom stereocenters. The molecular formula is C24H22FN3O7S. The largest absolute Gasteiger partial charge is 0.506 e.